The number of halogens is 2. The van der Waals surface area contributed by atoms with Gasteiger partial charge < -0.3 is 92.2 Å². The van der Waals surface area contributed by atoms with Crippen LogP contribution in [0.4, 0.5) is 13.6 Å². The minimum atomic E-state index is -3.19. The highest BCUT2D eigenvalue weighted by Gasteiger charge is 2.50. The van der Waals surface area contributed by atoms with E-state index in [0.717, 1.165) is 49.4 Å². The lowest BCUT2D eigenvalue weighted by atomic mass is 9.99. The van der Waals surface area contributed by atoms with Gasteiger partial charge in [-0.2, -0.15) is 5.26 Å². The Hall–Kier alpha value is -8.49. The highest BCUT2D eigenvalue weighted by Crippen LogP contribution is 2.45. The maximum Gasteiger partial charge on any atom is 0.410 e. The minimum Gasteiger partial charge on any atom is -0.436 e. The zero-order chi connectivity index (χ0) is 73.9. The number of alkyl halides is 2. The molecule has 4 aliphatic rings. The van der Waals surface area contributed by atoms with Crippen molar-refractivity contribution in [3.8, 4) is 28.5 Å². The van der Waals surface area contributed by atoms with Gasteiger partial charge in [0.2, 0.25) is 23.6 Å². The van der Waals surface area contributed by atoms with E-state index in [-0.39, 0.29) is 56.7 Å². The fraction of sp³-hybridized carbons (Fsp3) is 0.554. The Kier molecular flexibility index (Phi) is 33.6. The van der Waals surface area contributed by atoms with E-state index in [1.54, 1.807) is 53.2 Å². The molecule has 570 valence electrons. The predicted molar refractivity (Wildman–Crippen MR) is 373 cm³/mol. The number of likely N-dealkylation sites (tertiary alicyclic amines) is 1. The zero-order valence-electron chi connectivity index (χ0n) is 59.4. The third-order valence-corrected chi connectivity index (χ3v) is 17.6. The minimum absolute atomic E-state index is 0.0331. The Morgan fingerprint density at radius 2 is 1.13 bits per heavy atom. The van der Waals surface area contributed by atoms with Crippen molar-refractivity contribution < 1.29 is 99.1 Å². The number of nitriles is 1. The molecule has 4 heterocycles. The summed E-state index contributed by atoms with van der Waals surface area (Å²) in [5.74, 6) is -6.07. The summed E-state index contributed by atoms with van der Waals surface area (Å²) in [5.41, 5.74) is 8.71. The largest absolute Gasteiger partial charge is 0.436 e. The van der Waals surface area contributed by atoms with Crippen LogP contribution in [0.25, 0.3) is 22.4 Å². The Bertz CT molecular complexity index is 3540. The van der Waals surface area contributed by atoms with Gasteiger partial charge in [0, 0.05) is 87.2 Å². The van der Waals surface area contributed by atoms with Crippen molar-refractivity contribution in [3.05, 3.63) is 131 Å². The Morgan fingerprint density at radius 3 is 1.67 bits per heavy atom. The summed E-state index contributed by atoms with van der Waals surface area (Å²) < 4.78 is 102. The van der Waals surface area contributed by atoms with Crippen molar-refractivity contribution in [3.63, 3.8) is 0 Å². The van der Waals surface area contributed by atoms with E-state index in [2.05, 4.69) is 38.4 Å². The van der Waals surface area contributed by atoms with Crippen LogP contribution in [-0.2, 0) is 100 Å². The number of nitrogens with zero attached hydrogens (tertiary/aromatic N) is 7. The summed E-state index contributed by atoms with van der Waals surface area (Å²) in [6.45, 7) is 10.8. The molecular formula is C74H96F2N10O19. The van der Waals surface area contributed by atoms with E-state index in [9.17, 15) is 42.8 Å². The summed E-state index contributed by atoms with van der Waals surface area (Å²) in [6, 6.07) is 28.0. The quantitative estimate of drug-likeness (QED) is 0.0442. The number of carbonyl (C=O) groups excluding carboxylic acids is 6. The second-order valence-corrected chi connectivity index (χ2v) is 25.1. The van der Waals surface area contributed by atoms with Crippen LogP contribution in [0, 0.1) is 17.2 Å². The molecule has 0 spiro atoms. The van der Waals surface area contributed by atoms with E-state index < -0.39 is 60.9 Å². The number of fused-ring (bicyclic) bond motifs is 4. The molecule has 0 saturated carbocycles. The maximum atomic E-state index is 14.0. The van der Waals surface area contributed by atoms with Crippen LogP contribution in [0.5, 0.6) is 0 Å². The number of aromatic nitrogens is 3. The lowest BCUT2D eigenvalue weighted by Crippen LogP contribution is -2.46. The van der Waals surface area contributed by atoms with Gasteiger partial charge in [-0.15, -0.1) is 5.10 Å². The van der Waals surface area contributed by atoms with Gasteiger partial charge >= 0.3 is 6.09 Å². The Labute approximate surface area is 609 Å². The molecule has 31 heteroatoms. The number of amides is 6. The molecular weight excluding hydrogens is 1370 g/mol. The van der Waals surface area contributed by atoms with Crippen LogP contribution < -0.4 is 16.0 Å². The molecule has 0 unspecified atom stereocenters. The fourth-order valence-electron chi connectivity index (χ4n) is 12.0. The lowest BCUT2D eigenvalue weighted by molar-refractivity contribution is -0.135. The van der Waals surface area contributed by atoms with E-state index in [4.69, 9.17) is 61.6 Å². The number of benzene rings is 4. The first-order chi connectivity index (χ1) is 51.2. The van der Waals surface area contributed by atoms with Gasteiger partial charge in [0.15, 0.2) is 6.10 Å². The van der Waals surface area contributed by atoms with Gasteiger partial charge in [0.1, 0.15) is 17.8 Å². The summed E-state index contributed by atoms with van der Waals surface area (Å²) in [6.07, 6.45) is 0.148. The number of likely N-dealkylation sites (N-methyl/N-ethyl adjacent to an activating group) is 1. The number of rotatable bonds is 50. The monoisotopic (exact) mass is 1470 g/mol. The van der Waals surface area contributed by atoms with Crippen molar-refractivity contribution in [2.24, 2.45) is 5.92 Å². The molecule has 9 rings (SSSR count). The van der Waals surface area contributed by atoms with Crippen molar-refractivity contribution >= 4 is 35.6 Å². The predicted octanol–water partition coefficient (Wildman–Crippen LogP) is 4.76. The van der Waals surface area contributed by atoms with Crippen molar-refractivity contribution in [2.75, 3.05) is 192 Å². The topological polar surface area (TPSA) is 323 Å². The zero-order valence-corrected chi connectivity index (χ0v) is 59.4. The molecule has 0 radical (unpaired) electrons. The molecule has 3 aliphatic heterocycles. The molecule has 6 amide bonds. The van der Waals surface area contributed by atoms with Crippen molar-refractivity contribution in [1.29, 1.82) is 5.26 Å². The molecule has 2 fully saturated rings. The molecule has 3 atom stereocenters. The van der Waals surface area contributed by atoms with E-state index in [0.29, 0.717) is 189 Å². The molecule has 3 N–H and O–H groups in total. The molecule has 5 aromatic rings. The number of hydrogen-bond acceptors (Lipinski definition) is 22. The van der Waals surface area contributed by atoms with Gasteiger partial charge in [-0.05, 0) is 46.4 Å². The standard InChI is InChI=1S/C74H96F2N10O19/c1-83(73(92)105-69-62-11-4-2-9-60(62)61-10-3-5-12-63(61)69)20-22-94-24-26-96-28-30-98-32-34-100-36-38-102-40-42-104-44-43-103-41-39-101-37-35-99-33-31-97-29-27-95-25-23-93-21-17-67(87)78-18-19-79-70(89)55-15-13-54(14-16-55)66-52-85(82-81-66)50-57-8-6-7-56-49-84(51-64(56)57)68(88)46-58-45-65(80-71(58)90)72(91)86-53-74(75,76)47-59(86)48-77/h2-16,52,58-59,65,69H,17-47,49-51,53H2,1H3,(H,78,87)(H,79,89)(H,80,90)/t58-,59-,65-/m0/s1. The summed E-state index contributed by atoms with van der Waals surface area (Å²) in [7, 11) is 1.70. The van der Waals surface area contributed by atoms with Crippen LogP contribution in [-0.4, -0.2) is 275 Å². The summed E-state index contributed by atoms with van der Waals surface area (Å²) >= 11 is 0. The van der Waals surface area contributed by atoms with Gasteiger partial charge in [-0.25, -0.2) is 18.3 Å². The van der Waals surface area contributed by atoms with Crippen molar-refractivity contribution in [1.82, 2.24) is 45.6 Å². The normalized spacial score (nSPS) is 16.4. The SMILES string of the molecule is CN(CCOCCOCCOCCOCCOCCOCCOCCOCCOCCOCCOCCOCCC(=O)NCCNC(=O)c1ccc(-c2cn(Cc3cccc4c3CN(C(=O)C[C@@H]3C[C@@H](C(=O)N5CC(F)(F)C[C@H]5C#N)NC3=O)C4)nn2)cc1)C(=O)OC1c2ccccc2-c2ccccc21. The maximum absolute atomic E-state index is 14.0. The number of nitrogens with one attached hydrogen (secondary N) is 3. The smallest absolute Gasteiger partial charge is 0.410 e. The van der Waals surface area contributed by atoms with Crippen LogP contribution in [0.15, 0.2) is 97.2 Å². The molecule has 0 bridgehead atoms. The van der Waals surface area contributed by atoms with Crippen LogP contribution in [0.2, 0.25) is 0 Å². The average Bonchev–Trinajstić information content (AvgIpc) is 1.62. The average molecular weight is 1470 g/mol. The van der Waals surface area contributed by atoms with Gasteiger partial charge in [-0.1, -0.05) is 84.1 Å². The Morgan fingerprint density at radius 1 is 0.629 bits per heavy atom. The van der Waals surface area contributed by atoms with Crippen LogP contribution in [0.1, 0.15) is 70.0 Å². The van der Waals surface area contributed by atoms with Crippen molar-refractivity contribution in [2.45, 2.75) is 69.4 Å². The molecule has 1 aromatic heterocycles. The first-order valence-electron chi connectivity index (χ1n) is 35.6. The third kappa shape index (κ3) is 26.2. The first kappa shape index (κ1) is 80.6. The molecule has 29 nitrogen and oxygen atoms in total. The second kappa shape index (κ2) is 43.8. The number of carbonyl (C=O) groups is 6. The molecule has 105 heavy (non-hydrogen) atoms. The highest BCUT2D eigenvalue weighted by molar-refractivity contribution is 5.95. The molecule has 4 aromatic carbocycles. The first-order valence-corrected chi connectivity index (χ1v) is 35.6. The van der Waals surface area contributed by atoms with Gasteiger partial charge in [0.25, 0.3) is 11.8 Å². The second-order valence-electron chi connectivity index (χ2n) is 25.1. The van der Waals surface area contributed by atoms with E-state index >= 15 is 0 Å². The number of ether oxygens (including phenoxy) is 13. The molecule has 2 saturated heterocycles. The van der Waals surface area contributed by atoms with Crippen LogP contribution in [0.3, 0.4) is 0 Å². The van der Waals surface area contributed by atoms with Gasteiger partial charge in [-0.3, -0.25) is 24.0 Å². The van der Waals surface area contributed by atoms with E-state index in [1.165, 1.54) is 4.90 Å². The third-order valence-electron chi connectivity index (χ3n) is 17.6. The van der Waals surface area contributed by atoms with Crippen LogP contribution >= 0.6 is 0 Å². The van der Waals surface area contributed by atoms with Gasteiger partial charge in [0.05, 0.1) is 184 Å². The van der Waals surface area contributed by atoms with E-state index in [1.807, 2.05) is 54.6 Å². The lowest BCUT2D eigenvalue weighted by Gasteiger charge is -2.22. The number of hydrogen-bond donors (Lipinski definition) is 3. The Balaban J connectivity index is 0.469. The summed E-state index contributed by atoms with van der Waals surface area (Å²) in [4.78, 5) is 81.5. The fourth-order valence-corrected chi connectivity index (χ4v) is 12.0. The highest BCUT2D eigenvalue weighted by atomic mass is 19.3. The summed E-state index contributed by atoms with van der Waals surface area (Å²) in [5, 5.41) is 26.1. The molecule has 1 aliphatic carbocycles.